The topological polar surface area (TPSA) is 63.5 Å². The van der Waals surface area contributed by atoms with Crippen molar-refractivity contribution >= 4 is 5.91 Å². The zero-order valence-electron chi connectivity index (χ0n) is 12.1. The van der Waals surface area contributed by atoms with Gasteiger partial charge in [0.2, 0.25) is 0 Å². The Morgan fingerprint density at radius 2 is 2.19 bits per heavy atom. The van der Waals surface area contributed by atoms with E-state index in [1.807, 2.05) is 38.2 Å². The molecule has 0 saturated heterocycles. The fourth-order valence-corrected chi connectivity index (χ4v) is 2.65. The van der Waals surface area contributed by atoms with Crippen LogP contribution in [-0.4, -0.2) is 26.1 Å². The first-order valence-electron chi connectivity index (χ1n) is 6.97. The van der Waals surface area contributed by atoms with Crippen molar-refractivity contribution in [1.29, 1.82) is 0 Å². The molecule has 1 amide bonds. The Kier molecular flexibility index (Phi) is 3.66. The highest BCUT2D eigenvalue weighted by atomic mass is 16.5. The van der Waals surface area contributed by atoms with E-state index in [0.29, 0.717) is 24.5 Å². The van der Waals surface area contributed by atoms with E-state index >= 15 is 0 Å². The highest BCUT2D eigenvalue weighted by molar-refractivity contribution is 5.97. The molecular weight excluding hydrogens is 268 g/mol. The van der Waals surface area contributed by atoms with Crippen LogP contribution in [0.5, 0.6) is 5.75 Å². The van der Waals surface area contributed by atoms with Gasteiger partial charge in [-0.25, -0.2) is 0 Å². The van der Waals surface area contributed by atoms with Crippen LogP contribution in [0.1, 0.15) is 33.3 Å². The van der Waals surface area contributed by atoms with Crippen LogP contribution in [0.4, 0.5) is 0 Å². The first-order valence-corrected chi connectivity index (χ1v) is 6.97. The van der Waals surface area contributed by atoms with Crippen LogP contribution in [-0.2, 0) is 0 Å². The van der Waals surface area contributed by atoms with Gasteiger partial charge in [-0.15, -0.1) is 0 Å². The van der Waals surface area contributed by atoms with Gasteiger partial charge in [0.05, 0.1) is 24.4 Å². The van der Waals surface area contributed by atoms with Crippen molar-refractivity contribution in [2.24, 2.45) is 0 Å². The van der Waals surface area contributed by atoms with Crippen molar-refractivity contribution < 1.29 is 13.9 Å². The number of rotatable bonds is 3. The van der Waals surface area contributed by atoms with Crippen LogP contribution in [0.3, 0.4) is 0 Å². The van der Waals surface area contributed by atoms with Crippen LogP contribution in [0.25, 0.3) is 0 Å². The van der Waals surface area contributed by atoms with Gasteiger partial charge in [0.15, 0.2) is 0 Å². The molecule has 0 aliphatic carbocycles. The molecule has 1 aromatic carbocycles. The predicted octanol–water partition coefficient (Wildman–Crippen LogP) is 2.02. The number of hydrogen-bond donors (Lipinski definition) is 2. The minimum absolute atomic E-state index is 0.0231. The van der Waals surface area contributed by atoms with Gasteiger partial charge in [0.1, 0.15) is 18.1 Å². The normalized spacial score (nSPS) is 15.6. The van der Waals surface area contributed by atoms with Crippen LogP contribution >= 0.6 is 0 Å². The Morgan fingerprint density at radius 3 is 2.90 bits per heavy atom. The van der Waals surface area contributed by atoms with E-state index in [0.717, 1.165) is 16.9 Å². The van der Waals surface area contributed by atoms with E-state index in [2.05, 4.69) is 10.6 Å². The Hall–Kier alpha value is -2.27. The predicted molar refractivity (Wildman–Crippen MR) is 78.6 cm³/mol. The molecule has 5 nitrogen and oxygen atoms in total. The largest absolute Gasteiger partial charge is 0.491 e. The first kappa shape index (κ1) is 13.7. The summed E-state index contributed by atoms with van der Waals surface area (Å²) in [5.41, 5.74) is 2.64. The minimum Gasteiger partial charge on any atom is -0.491 e. The van der Waals surface area contributed by atoms with E-state index in [1.165, 1.54) is 0 Å². The molecule has 5 heteroatoms. The number of fused-ring (bicyclic) bond motifs is 1. The Labute approximate surface area is 123 Å². The average Bonchev–Trinajstić information content (AvgIpc) is 2.82. The highest BCUT2D eigenvalue weighted by Gasteiger charge is 2.21. The molecule has 1 aromatic heterocycles. The quantitative estimate of drug-likeness (QED) is 0.906. The molecule has 21 heavy (non-hydrogen) atoms. The molecule has 0 radical (unpaired) electrons. The van der Waals surface area contributed by atoms with Crippen molar-refractivity contribution in [3.05, 3.63) is 53.0 Å². The number of carbonyl (C=O) groups is 1. The summed E-state index contributed by atoms with van der Waals surface area (Å²) in [5.74, 6) is 1.40. The van der Waals surface area contributed by atoms with Crippen molar-refractivity contribution in [1.82, 2.24) is 10.6 Å². The van der Waals surface area contributed by atoms with Gasteiger partial charge in [-0.1, -0.05) is 6.07 Å². The maximum Gasteiger partial charge on any atom is 0.255 e. The minimum atomic E-state index is -0.0943. The highest BCUT2D eigenvalue weighted by Crippen LogP contribution is 2.29. The van der Waals surface area contributed by atoms with Gasteiger partial charge in [-0.3, -0.25) is 4.79 Å². The van der Waals surface area contributed by atoms with E-state index < -0.39 is 0 Å². The summed E-state index contributed by atoms with van der Waals surface area (Å²) in [6, 6.07) is 7.63. The Morgan fingerprint density at radius 1 is 1.33 bits per heavy atom. The lowest BCUT2D eigenvalue weighted by Gasteiger charge is -2.17. The monoisotopic (exact) mass is 286 g/mol. The average molecular weight is 286 g/mol. The summed E-state index contributed by atoms with van der Waals surface area (Å²) in [6.07, 6.45) is 1.67. The third kappa shape index (κ3) is 2.52. The summed E-state index contributed by atoms with van der Waals surface area (Å²) >= 11 is 0. The lowest BCUT2D eigenvalue weighted by molar-refractivity contribution is 0.0957. The van der Waals surface area contributed by atoms with Crippen LogP contribution in [0, 0.1) is 6.92 Å². The van der Waals surface area contributed by atoms with E-state index in [-0.39, 0.29) is 11.9 Å². The number of furan rings is 1. The summed E-state index contributed by atoms with van der Waals surface area (Å²) in [7, 11) is 1.89. The number of amides is 1. The first-order chi connectivity index (χ1) is 10.2. The third-order valence-electron chi connectivity index (χ3n) is 3.73. The molecule has 2 heterocycles. The van der Waals surface area contributed by atoms with Crippen LogP contribution in [0.15, 0.2) is 34.9 Å². The molecule has 1 aliphatic heterocycles. The van der Waals surface area contributed by atoms with E-state index in [4.69, 9.17) is 9.15 Å². The standard InChI is InChI=1S/C16H18N2O3/c1-10-12(5-7-20-10)15(17-2)11-3-4-14-13(9-11)16(19)18-6-8-21-14/h3-5,7,9,15,17H,6,8H2,1-2H3,(H,18,19). The second-order valence-electron chi connectivity index (χ2n) is 5.01. The van der Waals surface area contributed by atoms with Gasteiger partial charge in [-0.05, 0) is 37.7 Å². The molecule has 0 spiro atoms. The summed E-state index contributed by atoms with van der Waals surface area (Å²) in [5, 5.41) is 6.09. The van der Waals surface area contributed by atoms with Gasteiger partial charge in [0.25, 0.3) is 5.91 Å². The smallest absolute Gasteiger partial charge is 0.255 e. The third-order valence-corrected chi connectivity index (χ3v) is 3.73. The molecule has 0 bridgehead atoms. The van der Waals surface area contributed by atoms with Crippen LogP contribution in [0.2, 0.25) is 0 Å². The molecule has 1 atom stereocenters. The summed E-state index contributed by atoms with van der Waals surface area (Å²) < 4.78 is 11.0. The van der Waals surface area contributed by atoms with Gasteiger partial charge in [0, 0.05) is 5.56 Å². The Balaban J connectivity index is 2.02. The number of ether oxygens (including phenoxy) is 1. The molecule has 2 N–H and O–H groups in total. The summed E-state index contributed by atoms with van der Waals surface area (Å²) in [4.78, 5) is 12.1. The Bertz CT molecular complexity index is 663. The molecule has 0 fully saturated rings. The van der Waals surface area contributed by atoms with Crippen LogP contribution < -0.4 is 15.4 Å². The molecule has 110 valence electrons. The van der Waals surface area contributed by atoms with Gasteiger partial charge < -0.3 is 19.8 Å². The second-order valence-corrected chi connectivity index (χ2v) is 5.01. The fourth-order valence-electron chi connectivity index (χ4n) is 2.65. The zero-order valence-corrected chi connectivity index (χ0v) is 12.1. The summed E-state index contributed by atoms with van der Waals surface area (Å²) in [6.45, 7) is 2.95. The lowest BCUT2D eigenvalue weighted by atomic mass is 9.97. The number of nitrogens with one attached hydrogen (secondary N) is 2. The van der Waals surface area contributed by atoms with Crippen molar-refractivity contribution in [3.8, 4) is 5.75 Å². The molecule has 1 aliphatic rings. The number of hydrogen-bond acceptors (Lipinski definition) is 4. The van der Waals surface area contributed by atoms with E-state index in [1.54, 1.807) is 6.26 Å². The van der Waals surface area contributed by atoms with Crippen molar-refractivity contribution in [3.63, 3.8) is 0 Å². The number of aryl methyl sites for hydroxylation is 1. The van der Waals surface area contributed by atoms with Gasteiger partial charge >= 0.3 is 0 Å². The van der Waals surface area contributed by atoms with Crippen molar-refractivity contribution in [2.75, 3.05) is 20.2 Å². The van der Waals surface area contributed by atoms with Crippen molar-refractivity contribution in [2.45, 2.75) is 13.0 Å². The maximum absolute atomic E-state index is 12.1. The second kappa shape index (κ2) is 5.61. The molecule has 3 rings (SSSR count). The number of carbonyl (C=O) groups excluding carboxylic acids is 1. The SMILES string of the molecule is CNC(c1ccc2c(c1)C(=O)NCCO2)c1ccoc1C. The fraction of sp³-hybridized carbons (Fsp3) is 0.312. The molecular formula is C16H18N2O3. The van der Waals surface area contributed by atoms with Gasteiger partial charge in [-0.2, -0.15) is 0 Å². The number of benzene rings is 1. The van der Waals surface area contributed by atoms with E-state index in [9.17, 15) is 4.79 Å². The zero-order chi connectivity index (χ0) is 14.8. The maximum atomic E-state index is 12.1. The lowest BCUT2D eigenvalue weighted by Crippen LogP contribution is -2.24. The molecule has 1 unspecified atom stereocenters. The molecule has 0 saturated carbocycles. The molecule has 2 aromatic rings.